The van der Waals surface area contributed by atoms with Gasteiger partial charge in [-0.25, -0.2) is 4.18 Å². The van der Waals surface area contributed by atoms with Crippen LogP contribution in [0.25, 0.3) is 0 Å². The summed E-state index contributed by atoms with van der Waals surface area (Å²) in [5.74, 6) is 14.2. The summed E-state index contributed by atoms with van der Waals surface area (Å²) >= 11 is 0. The highest BCUT2D eigenvalue weighted by atomic mass is 32.3. The Labute approximate surface area is 253 Å². The maximum Gasteiger partial charge on any atom is 0.397 e. The monoisotopic (exact) mass is 615 g/mol. The Balaban J connectivity index is 1.45. The Morgan fingerprint density at radius 1 is 0.976 bits per heavy atom. The zero-order valence-corrected chi connectivity index (χ0v) is 26.9. The van der Waals surface area contributed by atoms with Crippen LogP contribution in [0, 0.1) is 46.3 Å². The molecule has 0 spiro atoms. The lowest BCUT2D eigenvalue weighted by atomic mass is 9.43. The lowest BCUT2D eigenvalue weighted by Crippen LogP contribution is -2.59. The van der Waals surface area contributed by atoms with Crippen molar-refractivity contribution in [2.24, 2.45) is 68.4 Å². The molecule has 0 bridgehead atoms. The van der Waals surface area contributed by atoms with Crippen LogP contribution in [0.5, 0.6) is 0 Å². The van der Waals surface area contributed by atoms with Crippen molar-refractivity contribution >= 4 is 10.4 Å². The van der Waals surface area contributed by atoms with Crippen molar-refractivity contribution in [3.8, 4) is 0 Å². The van der Waals surface area contributed by atoms with Crippen LogP contribution in [0.2, 0.25) is 0 Å². The first-order chi connectivity index (χ1) is 20.0. The van der Waals surface area contributed by atoms with Gasteiger partial charge in [-0.3, -0.25) is 15.8 Å². The van der Waals surface area contributed by atoms with Crippen molar-refractivity contribution in [2.45, 2.75) is 110 Å². The Kier molecular flexibility index (Phi) is 12.1. The summed E-state index contributed by atoms with van der Waals surface area (Å²) in [6.07, 6.45) is 13.3. The fourth-order valence-corrected chi connectivity index (χ4v) is 10.4. The zero-order valence-electron chi connectivity index (χ0n) is 26.1. The summed E-state index contributed by atoms with van der Waals surface area (Å²) in [6, 6.07) is 0. The molecule has 0 aromatic rings. The summed E-state index contributed by atoms with van der Waals surface area (Å²) < 4.78 is 48.6. The molecule has 10 atom stereocenters. The maximum absolute atomic E-state index is 11.0. The van der Waals surface area contributed by atoms with Gasteiger partial charge in [-0.15, -0.1) is 0 Å². The quantitative estimate of drug-likeness (QED) is 0.0624. The topological polar surface area (TPSA) is 171 Å². The molecule has 0 aromatic carbocycles. The van der Waals surface area contributed by atoms with Gasteiger partial charge in [-0.2, -0.15) is 13.5 Å². The molecule has 4 rings (SSSR count). The van der Waals surface area contributed by atoms with E-state index in [1.54, 1.807) is 0 Å². The summed E-state index contributed by atoms with van der Waals surface area (Å²) in [6.45, 7) is 10.3. The molecule has 4 aliphatic rings. The van der Waals surface area contributed by atoms with E-state index in [-0.39, 0.29) is 18.1 Å². The average molecular weight is 616 g/mol. The summed E-state index contributed by atoms with van der Waals surface area (Å²) in [5, 5.41) is 7.20. The van der Waals surface area contributed by atoms with Gasteiger partial charge in [0.15, 0.2) is 0 Å². The van der Waals surface area contributed by atoms with Crippen LogP contribution in [-0.2, 0) is 24.1 Å². The molecule has 244 valence electrons. The first kappa shape index (κ1) is 34.0. The molecule has 12 heteroatoms. The number of ether oxygens (including phenoxy) is 2. The van der Waals surface area contributed by atoms with Crippen molar-refractivity contribution in [1.29, 1.82) is 0 Å². The van der Waals surface area contributed by atoms with Gasteiger partial charge < -0.3 is 15.3 Å². The number of nitrogens with one attached hydrogen (secondary N) is 1. The van der Waals surface area contributed by atoms with Crippen LogP contribution in [-0.4, -0.2) is 58.1 Å². The predicted octanol–water partition coefficient (Wildman–Crippen LogP) is 4.83. The van der Waals surface area contributed by atoms with E-state index in [1.807, 2.05) is 0 Å². The van der Waals surface area contributed by atoms with Crippen molar-refractivity contribution < 1.29 is 26.6 Å². The average Bonchev–Trinajstić information content (AvgIpc) is 3.30. The number of nitrogens with two attached hydrogens (primary N) is 2. The Morgan fingerprint density at radius 3 is 2.45 bits per heavy atom. The number of rotatable bonds is 16. The van der Waals surface area contributed by atoms with Crippen LogP contribution in [0.4, 0.5) is 0 Å². The number of hydrazine groups is 1. The zero-order chi connectivity index (χ0) is 30.4. The number of nitrogens with zero attached hydrogens (tertiary/aromatic N) is 2. The highest BCUT2D eigenvalue weighted by Gasteiger charge is 2.63. The van der Waals surface area contributed by atoms with Gasteiger partial charge in [0, 0.05) is 19.8 Å². The highest BCUT2D eigenvalue weighted by Crippen LogP contribution is 2.68. The van der Waals surface area contributed by atoms with Gasteiger partial charge in [0.05, 0.1) is 25.4 Å². The molecular formula is C30H57N5O6S. The van der Waals surface area contributed by atoms with E-state index in [0.717, 1.165) is 51.7 Å². The van der Waals surface area contributed by atoms with Gasteiger partial charge in [0.25, 0.3) is 0 Å². The van der Waals surface area contributed by atoms with Gasteiger partial charge in [-0.05, 0) is 123 Å². The van der Waals surface area contributed by atoms with Crippen LogP contribution >= 0.6 is 0 Å². The van der Waals surface area contributed by atoms with Crippen molar-refractivity contribution in [3.05, 3.63) is 0 Å². The molecule has 42 heavy (non-hydrogen) atoms. The molecule has 0 aromatic heterocycles. The van der Waals surface area contributed by atoms with E-state index in [9.17, 15) is 8.42 Å². The molecule has 0 aliphatic heterocycles. The molecule has 7 unspecified atom stereocenters. The molecule has 4 saturated carbocycles. The minimum absolute atomic E-state index is 0.0393. The number of hydrogen-bond donors (Lipinski definition) is 4. The minimum Gasteiger partial charge on any atom is -0.378 e. The normalized spacial score (nSPS) is 39.1. The third-order valence-corrected chi connectivity index (χ3v) is 12.5. The second-order valence-corrected chi connectivity index (χ2v) is 15.2. The van der Waals surface area contributed by atoms with Gasteiger partial charge in [0.1, 0.15) is 0 Å². The van der Waals surface area contributed by atoms with Crippen molar-refractivity contribution in [1.82, 2.24) is 5.43 Å². The molecule has 4 aliphatic carbocycles. The van der Waals surface area contributed by atoms with Crippen molar-refractivity contribution in [3.63, 3.8) is 0 Å². The van der Waals surface area contributed by atoms with E-state index >= 15 is 0 Å². The molecule has 0 heterocycles. The van der Waals surface area contributed by atoms with Gasteiger partial charge >= 0.3 is 10.4 Å². The smallest absolute Gasteiger partial charge is 0.378 e. The van der Waals surface area contributed by atoms with Gasteiger partial charge in [0.2, 0.25) is 0 Å². The first-order valence-corrected chi connectivity index (χ1v) is 17.7. The molecule has 11 nitrogen and oxygen atoms in total. The number of fused-ring (bicyclic) bond motifs is 5. The van der Waals surface area contributed by atoms with Crippen LogP contribution < -0.4 is 17.1 Å². The Hall–Kier alpha value is -0.890. The second-order valence-electron chi connectivity index (χ2n) is 14.1. The van der Waals surface area contributed by atoms with Crippen LogP contribution in [0.15, 0.2) is 10.3 Å². The highest BCUT2D eigenvalue weighted by molar-refractivity contribution is 7.80. The van der Waals surface area contributed by atoms with Gasteiger partial charge in [-0.1, -0.05) is 26.0 Å². The van der Waals surface area contributed by atoms with E-state index in [1.165, 1.54) is 32.1 Å². The molecule has 0 amide bonds. The first-order valence-electron chi connectivity index (χ1n) is 16.4. The fourth-order valence-electron chi connectivity index (χ4n) is 10.1. The Bertz CT molecular complexity index is 987. The van der Waals surface area contributed by atoms with E-state index in [4.69, 9.17) is 25.7 Å². The Morgan fingerprint density at radius 2 is 1.71 bits per heavy atom. The summed E-state index contributed by atoms with van der Waals surface area (Å²) in [5.41, 5.74) is 3.34. The summed E-state index contributed by atoms with van der Waals surface area (Å²) in [7, 11) is -4.37. The van der Waals surface area contributed by atoms with E-state index in [0.29, 0.717) is 66.6 Å². The van der Waals surface area contributed by atoms with E-state index < -0.39 is 10.4 Å². The molecule has 6 N–H and O–H groups in total. The SMILES string of the molecule is C[C@H](CCCOS(=O)(=O)O)C1CCC2C3C(CCC21C)C1(C)CC[C@@H](OCCCN=NN)CC1C[C@H]3OCCCNN. The molecule has 4 fully saturated rings. The molecule has 0 radical (unpaired) electrons. The third kappa shape index (κ3) is 7.84. The largest absolute Gasteiger partial charge is 0.397 e. The summed E-state index contributed by atoms with van der Waals surface area (Å²) in [4.78, 5) is 0. The predicted molar refractivity (Wildman–Crippen MR) is 161 cm³/mol. The minimum atomic E-state index is -4.37. The number of hydrogen-bond acceptors (Lipinski definition) is 9. The lowest BCUT2D eigenvalue weighted by Gasteiger charge is -2.63. The molecular weight excluding hydrogens is 558 g/mol. The van der Waals surface area contributed by atoms with Crippen molar-refractivity contribution in [2.75, 3.05) is 32.9 Å². The fraction of sp³-hybridized carbons (Fsp3) is 1.00. The lowest BCUT2D eigenvalue weighted by molar-refractivity contribution is -0.191. The van der Waals surface area contributed by atoms with Crippen LogP contribution in [0.3, 0.4) is 0 Å². The third-order valence-electron chi connectivity index (χ3n) is 12.0. The maximum atomic E-state index is 11.0. The van der Waals surface area contributed by atoms with Crippen LogP contribution in [0.1, 0.15) is 97.8 Å². The second kappa shape index (κ2) is 14.9. The molecule has 0 saturated heterocycles. The van der Waals surface area contributed by atoms with E-state index in [2.05, 4.69) is 40.7 Å². The standard InChI is InChI=1S/C30H57N5O6S/c1-21(7-4-18-41-42(36,37)38)24-8-9-25-28-26(11-13-30(24,25)3)29(2)12-10-23(39-16-6-15-34-35-32)19-22(29)20-27(28)40-17-5-14-33-31/h21-28,33H,4-20,31H2,1-3H3,(H2,32,34)(H,36,37,38)/t21-,22?,23-,24?,25?,26?,27-,28?,29?,30?/m1/s1.